The first kappa shape index (κ1) is 18.1. The molecule has 0 spiro atoms. The molecule has 1 aromatic heterocycles. The van der Waals surface area contributed by atoms with Crippen LogP contribution in [0.4, 0.5) is 5.69 Å². The average molecular weight is 389 g/mol. The van der Waals surface area contributed by atoms with Crippen LogP contribution in [0.5, 0.6) is 11.5 Å². The van der Waals surface area contributed by atoms with Crippen LogP contribution < -0.4 is 14.4 Å². The lowest BCUT2D eigenvalue weighted by atomic mass is 10.2. The molecule has 2 aliphatic rings. The van der Waals surface area contributed by atoms with Crippen LogP contribution >= 0.6 is 0 Å². The van der Waals surface area contributed by atoms with Gasteiger partial charge in [0, 0.05) is 50.5 Å². The van der Waals surface area contributed by atoms with Gasteiger partial charge in [0.2, 0.25) is 0 Å². The van der Waals surface area contributed by atoms with Crippen molar-refractivity contribution in [3.05, 3.63) is 66.4 Å². The summed E-state index contributed by atoms with van der Waals surface area (Å²) in [6.45, 7) is 6.45. The SMILES string of the molecule is c1ccc(-c2ccc(CN3CCN(c4cccc5c4OCCCO5)CC3)[nH]2)cc1. The maximum atomic E-state index is 6.01. The van der Waals surface area contributed by atoms with Crippen LogP contribution in [0.15, 0.2) is 60.7 Å². The highest BCUT2D eigenvalue weighted by Gasteiger charge is 2.23. The Morgan fingerprint density at radius 3 is 2.48 bits per heavy atom. The van der Waals surface area contributed by atoms with Crippen LogP contribution in [0.1, 0.15) is 12.1 Å². The van der Waals surface area contributed by atoms with Gasteiger partial charge in [-0.25, -0.2) is 0 Å². The number of aromatic nitrogens is 1. The van der Waals surface area contributed by atoms with E-state index in [-0.39, 0.29) is 0 Å². The van der Waals surface area contributed by atoms with Crippen molar-refractivity contribution >= 4 is 5.69 Å². The van der Waals surface area contributed by atoms with Crippen molar-refractivity contribution in [2.45, 2.75) is 13.0 Å². The number of fused-ring (bicyclic) bond motifs is 1. The second-order valence-corrected chi connectivity index (χ2v) is 7.68. The van der Waals surface area contributed by atoms with Crippen LogP contribution in [-0.4, -0.2) is 49.3 Å². The fourth-order valence-electron chi connectivity index (χ4n) is 4.13. The number of H-pyrrole nitrogens is 1. The second-order valence-electron chi connectivity index (χ2n) is 7.68. The molecular weight excluding hydrogens is 362 g/mol. The molecule has 5 rings (SSSR count). The molecule has 5 heteroatoms. The standard InChI is InChI=1S/C24H27N3O2/c1-2-6-19(7-3-1)21-11-10-20(25-21)18-26-12-14-27(15-13-26)22-8-4-9-23-24(22)29-17-5-16-28-23/h1-4,6-11,25H,5,12-18H2. The van der Waals surface area contributed by atoms with Gasteiger partial charge >= 0.3 is 0 Å². The number of anilines is 1. The molecule has 0 saturated carbocycles. The second kappa shape index (κ2) is 8.21. The lowest BCUT2D eigenvalue weighted by molar-refractivity contribution is 0.246. The topological polar surface area (TPSA) is 40.7 Å². The van der Waals surface area contributed by atoms with E-state index in [4.69, 9.17) is 9.47 Å². The predicted molar refractivity (Wildman–Crippen MR) is 116 cm³/mol. The number of hydrogen-bond acceptors (Lipinski definition) is 4. The Labute approximate surface area is 171 Å². The van der Waals surface area contributed by atoms with Crippen molar-refractivity contribution in [3.8, 4) is 22.8 Å². The molecule has 0 bridgehead atoms. The number of rotatable bonds is 4. The van der Waals surface area contributed by atoms with Crippen LogP contribution in [0.3, 0.4) is 0 Å². The third kappa shape index (κ3) is 3.96. The van der Waals surface area contributed by atoms with Gasteiger partial charge in [0.05, 0.1) is 18.9 Å². The zero-order valence-electron chi connectivity index (χ0n) is 16.6. The van der Waals surface area contributed by atoms with Crippen molar-refractivity contribution in [3.63, 3.8) is 0 Å². The summed E-state index contributed by atoms with van der Waals surface area (Å²) in [5, 5.41) is 0. The first-order chi connectivity index (χ1) is 14.4. The highest BCUT2D eigenvalue weighted by Crippen LogP contribution is 2.39. The van der Waals surface area contributed by atoms with Crippen LogP contribution in [0.2, 0.25) is 0 Å². The monoisotopic (exact) mass is 389 g/mol. The Hall–Kier alpha value is -2.92. The molecule has 0 amide bonds. The quantitative estimate of drug-likeness (QED) is 0.727. The first-order valence-corrected chi connectivity index (χ1v) is 10.5. The summed E-state index contributed by atoms with van der Waals surface area (Å²) in [5.74, 6) is 1.79. The van der Waals surface area contributed by atoms with Gasteiger partial charge in [-0.05, 0) is 29.8 Å². The molecular formula is C24H27N3O2. The number of ether oxygens (including phenoxy) is 2. The summed E-state index contributed by atoms with van der Waals surface area (Å²) in [7, 11) is 0. The number of nitrogens with zero attached hydrogens (tertiary/aromatic N) is 2. The summed E-state index contributed by atoms with van der Waals surface area (Å²) in [6, 6.07) is 21.1. The van der Waals surface area contributed by atoms with Crippen molar-refractivity contribution in [1.82, 2.24) is 9.88 Å². The number of nitrogens with one attached hydrogen (secondary N) is 1. The van der Waals surface area contributed by atoms with Gasteiger partial charge < -0.3 is 19.4 Å². The lowest BCUT2D eigenvalue weighted by Crippen LogP contribution is -2.46. The minimum atomic E-state index is 0.723. The molecule has 0 unspecified atom stereocenters. The normalized spacial score (nSPS) is 17.2. The number of piperazine rings is 1. The smallest absolute Gasteiger partial charge is 0.184 e. The molecule has 29 heavy (non-hydrogen) atoms. The number of hydrogen-bond donors (Lipinski definition) is 1. The molecule has 0 aliphatic carbocycles. The summed E-state index contributed by atoms with van der Waals surface area (Å²) < 4.78 is 11.9. The first-order valence-electron chi connectivity index (χ1n) is 10.5. The average Bonchev–Trinajstić information content (AvgIpc) is 3.10. The third-order valence-corrected chi connectivity index (χ3v) is 5.69. The molecule has 0 radical (unpaired) electrons. The molecule has 2 aliphatic heterocycles. The minimum Gasteiger partial charge on any atom is -0.489 e. The van der Waals surface area contributed by atoms with Gasteiger partial charge in [-0.3, -0.25) is 4.90 Å². The lowest BCUT2D eigenvalue weighted by Gasteiger charge is -2.36. The minimum absolute atomic E-state index is 0.723. The van der Waals surface area contributed by atoms with E-state index in [9.17, 15) is 0 Å². The maximum absolute atomic E-state index is 6.01. The number of benzene rings is 2. The fraction of sp³-hybridized carbons (Fsp3) is 0.333. The number of para-hydroxylation sites is 1. The Bertz CT molecular complexity index is 946. The van der Waals surface area contributed by atoms with Gasteiger partial charge in [0.25, 0.3) is 0 Å². The molecule has 5 nitrogen and oxygen atoms in total. The van der Waals surface area contributed by atoms with Crippen molar-refractivity contribution in [2.24, 2.45) is 0 Å². The Morgan fingerprint density at radius 2 is 1.62 bits per heavy atom. The fourth-order valence-corrected chi connectivity index (χ4v) is 4.13. The summed E-state index contributed by atoms with van der Waals surface area (Å²) in [5.41, 5.74) is 4.84. The van der Waals surface area contributed by atoms with Gasteiger partial charge in [-0.15, -0.1) is 0 Å². The number of aromatic amines is 1. The van der Waals surface area contributed by atoms with Crippen molar-refractivity contribution in [1.29, 1.82) is 0 Å². The van der Waals surface area contributed by atoms with Gasteiger partial charge in [0.15, 0.2) is 11.5 Å². The molecule has 0 atom stereocenters. The van der Waals surface area contributed by atoms with E-state index in [1.807, 2.05) is 6.07 Å². The van der Waals surface area contributed by atoms with Gasteiger partial charge in [0.1, 0.15) is 0 Å². The van der Waals surface area contributed by atoms with E-state index in [0.29, 0.717) is 0 Å². The predicted octanol–water partition coefficient (Wildman–Crippen LogP) is 4.17. The maximum Gasteiger partial charge on any atom is 0.184 e. The molecule has 1 saturated heterocycles. The molecule has 1 fully saturated rings. The molecule has 1 N–H and O–H groups in total. The highest BCUT2D eigenvalue weighted by molar-refractivity contribution is 5.65. The molecule has 150 valence electrons. The molecule has 2 aromatic carbocycles. The highest BCUT2D eigenvalue weighted by atomic mass is 16.5. The third-order valence-electron chi connectivity index (χ3n) is 5.69. The summed E-state index contributed by atoms with van der Waals surface area (Å²) in [6.07, 6.45) is 0.934. The van der Waals surface area contributed by atoms with E-state index in [0.717, 1.165) is 69.5 Å². The van der Waals surface area contributed by atoms with Crippen molar-refractivity contribution < 1.29 is 9.47 Å². The van der Waals surface area contributed by atoms with E-state index in [2.05, 4.69) is 69.4 Å². The van der Waals surface area contributed by atoms with Crippen LogP contribution in [0, 0.1) is 0 Å². The van der Waals surface area contributed by atoms with Crippen molar-refractivity contribution in [2.75, 3.05) is 44.3 Å². The van der Waals surface area contributed by atoms with Gasteiger partial charge in [-0.2, -0.15) is 0 Å². The summed E-state index contributed by atoms with van der Waals surface area (Å²) >= 11 is 0. The summed E-state index contributed by atoms with van der Waals surface area (Å²) in [4.78, 5) is 8.51. The Balaban J connectivity index is 1.22. The zero-order chi connectivity index (χ0) is 19.5. The van der Waals surface area contributed by atoms with E-state index >= 15 is 0 Å². The van der Waals surface area contributed by atoms with Crippen LogP contribution in [-0.2, 0) is 6.54 Å². The van der Waals surface area contributed by atoms with E-state index in [1.165, 1.54) is 17.0 Å². The Kier molecular flexibility index (Phi) is 5.13. The largest absolute Gasteiger partial charge is 0.489 e. The van der Waals surface area contributed by atoms with E-state index < -0.39 is 0 Å². The van der Waals surface area contributed by atoms with E-state index in [1.54, 1.807) is 0 Å². The Morgan fingerprint density at radius 1 is 0.793 bits per heavy atom. The van der Waals surface area contributed by atoms with Crippen LogP contribution in [0.25, 0.3) is 11.3 Å². The molecule has 3 heterocycles. The molecule has 3 aromatic rings. The van der Waals surface area contributed by atoms with Gasteiger partial charge in [-0.1, -0.05) is 36.4 Å². The zero-order valence-corrected chi connectivity index (χ0v) is 16.6.